The second-order valence-corrected chi connectivity index (χ2v) is 4.51. The summed E-state index contributed by atoms with van der Waals surface area (Å²) >= 11 is 15.1. The van der Waals surface area contributed by atoms with Gasteiger partial charge >= 0.3 is 5.97 Å². The first-order valence-corrected chi connectivity index (χ1v) is 5.88. The minimum atomic E-state index is -0.308. The molecule has 1 aromatic rings. The smallest absolute Gasteiger partial charge is 0.310 e. The molecule has 5 heteroatoms. The van der Waals surface area contributed by atoms with Gasteiger partial charge < -0.3 is 4.74 Å². The fourth-order valence-electron chi connectivity index (χ4n) is 1.07. The van der Waals surface area contributed by atoms with Crippen molar-refractivity contribution < 1.29 is 9.53 Å². The average molecular weight is 312 g/mol. The summed E-state index contributed by atoms with van der Waals surface area (Å²) in [6, 6.07) is 3.32. The highest BCUT2D eigenvalue weighted by Gasteiger charge is 2.10. The van der Waals surface area contributed by atoms with Gasteiger partial charge in [-0.2, -0.15) is 0 Å². The Kier molecular flexibility index (Phi) is 4.90. The van der Waals surface area contributed by atoms with Crippen LogP contribution in [0, 0.1) is 0 Å². The van der Waals surface area contributed by atoms with Crippen molar-refractivity contribution in [1.29, 1.82) is 0 Å². The van der Waals surface area contributed by atoms with Crippen molar-refractivity contribution in [3.63, 3.8) is 0 Å². The second-order valence-electron chi connectivity index (χ2n) is 2.84. The monoisotopic (exact) mass is 310 g/mol. The number of ether oxygens (including phenoxy) is 1. The Morgan fingerprint density at radius 3 is 2.67 bits per heavy atom. The van der Waals surface area contributed by atoms with Gasteiger partial charge in [-0.1, -0.05) is 23.2 Å². The van der Waals surface area contributed by atoms with Crippen LogP contribution in [0.3, 0.4) is 0 Å². The maximum Gasteiger partial charge on any atom is 0.310 e. The molecule has 0 bridgehead atoms. The Morgan fingerprint density at radius 2 is 2.07 bits per heavy atom. The van der Waals surface area contributed by atoms with E-state index in [1.165, 1.54) is 0 Å². The van der Waals surface area contributed by atoms with Crippen LogP contribution in [-0.2, 0) is 16.0 Å². The highest BCUT2D eigenvalue weighted by atomic mass is 79.9. The molecule has 0 unspecified atom stereocenters. The van der Waals surface area contributed by atoms with Crippen molar-refractivity contribution in [1.82, 2.24) is 0 Å². The first-order chi connectivity index (χ1) is 7.04. The number of carbonyl (C=O) groups excluding carboxylic acids is 1. The van der Waals surface area contributed by atoms with Gasteiger partial charge in [0.05, 0.1) is 18.1 Å². The van der Waals surface area contributed by atoms with E-state index in [2.05, 4.69) is 15.9 Å². The van der Waals surface area contributed by atoms with Crippen molar-refractivity contribution in [2.45, 2.75) is 13.3 Å². The van der Waals surface area contributed by atoms with Crippen LogP contribution in [0.5, 0.6) is 0 Å². The van der Waals surface area contributed by atoms with E-state index in [4.69, 9.17) is 27.9 Å². The highest BCUT2D eigenvalue weighted by Crippen LogP contribution is 2.29. The van der Waals surface area contributed by atoms with E-state index in [-0.39, 0.29) is 12.4 Å². The molecule has 1 rings (SSSR count). The molecule has 0 saturated carbocycles. The largest absolute Gasteiger partial charge is 0.466 e. The van der Waals surface area contributed by atoms with Gasteiger partial charge in [0, 0.05) is 9.50 Å². The topological polar surface area (TPSA) is 26.3 Å². The predicted octanol–water partition coefficient (Wildman–Crippen LogP) is 3.86. The molecular formula is C10H9BrCl2O2. The summed E-state index contributed by atoms with van der Waals surface area (Å²) in [6.45, 7) is 2.12. The Bertz CT molecular complexity index is 380. The Labute approximate surface area is 107 Å². The van der Waals surface area contributed by atoms with E-state index in [1.54, 1.807) is 19.1 Å². The summed E-state index contributed by atoms with van der Waals surface area (Å²) in [6.07, 6.45) is 0.139. The van der Waals surface area contributed by atoms with E-state index >= 15 is 0 Å². The second kappa shape index (κ2) is 5.73. The van der Waals surface area contributed by atoms with E-state index in [0.29, 0.717) is 26.7 Å². The maximum atomic E-state index is 11.2. The summed E-state index contributed by atoms with van der Waals surface area (Å²) in [4.78, 5) is 11.2. The molecule has 0 N–H and O–H groups in total. The number of carbonyl (C=O) groups is 1. The zero-order chi connectivity index (χ0) is 11.4. The number of hydrogen-bond acceptors (Lipinski definition) is 2. The van der Waals surface area contributed by atoms with Crippen LogP contribution in [0.1, 0.15) is 12.5 Å². The molecule has 2 nitrogen and oxygen atoms in total. The zero-order valence-corrected chi connectivity index (χ0v) is 11.1. The van der Waals surface area contributed by atoms with Crippen LogP contribution in [0.2, 0.25) is 10.0 Å². The molecule has 0 saturated heterocycles. The molecule has 0 aromatic heterocycles. The molecule has 0 radical (unpaired) electrons. The normalized spacial score (nSPS) is 10.1. The first kappa shape index (κ1) is 12.8. The third kappa shape index (κ3) is 3.67. The molecule has 0 aliphatic carbocycles. The molecule has 0 fully saturated rings. The average Bonchev–Trinajstić information content (AvgIpc) is 2.14. The van der Waals surface area contributed by atoms with Crippen LogP contribution < -0.4 is 0 Å². The van der Waals surface area contributed by atoms with Crippen LogP contribution in [0.25, 0.3) is 0 Å². The van der Waals surface area contributed by atoms with E-state index in [1.807, 2.05) is 0 Å². The minimum Gasteiger partial charge on any atom is -0.466 e. The molecule has 0 amide bonds. The van der Waals surface area contributed by atoms with Crippen LogP contribution >= 0.6 is 39.1 Å². The van der Waals surface area contributed by atoms with E-state index in [0.717, 1.165) is 0 Å². The molecule has 15 heavy (non-hydrogen) atoms. The molecule has 0 heterocycles. The molecule has 0 spiro atoms. The number of benzene rings is 1. The van der Waals surface area contributed by atoms with Gasteiger partial charge in [-0.15, -0.1) is 0 Å². The predicted molar refractivity (Wildman–Crippen MR) is 64.5 cm³/mol. The van der Waals surface area contributed by atoms with Gasteiger partial charge in [-0.05, 0) is 40.5 Å². The van der Waals surface area contributed by atoms with Crippen LogP contribution in [0.15, 0.2) is 16.6 Å². The van der Waals surface area contributed by atoms with Gasteiger partial charge in [-0.3, -0.25) is 4.79 Å². The van der Waals surface area contributed by atoms with Crippen LogP contribution in [-0.4, -0.2) is 12.6 Å². The summed E-state index contributed by atoms with van der Waals surface area (Å²) in [5, 5.41) is 1.03. The molecule has 1 aromatic carbocycles. The van der Waals surface area contributed by atoms with E-state index in [9.17, 15) is 4.79 Å². The zero-order valence-electron chi connectivity index (χ0n) is 8.02. The Balaban J connectivity index is 2.86. The van der Waals surface area contributed by atoms with Crippen molar-refractivity contribution >= 4 is 45.1 Å². The first-order valence-electron chi connectivity index (χ1n) is 4.33. The molecule has 0 aliphatic heterocycles. The van der Waals surface area contributed by atoms with Gasteiger partial charge in [0.25, 0.3) is 0 Å². The van der Waals surface area contributed by atoms with Gasteiger partial charge in [0.15, 0.2) is 0 Å². The summed E-state index contributed by atoms with van der Waals surface area (Å²) in [7, 11) is 0. The fraction of sp³-hybridized carbons (Fsp3) is 0.300. The molecule has 0 atom stereocenters. The summed E-state index contributed by atoms with van der Waals surface area (Å²) in [5.74, 6) is -0.308. The van der Waals surface area contributed by atoms with Gasteiger partial charge in [0.2, 0.25) is 0 Å². The van der Waals surface area contributed by atoms with Crippen molar-refractivity contribution in [3.8, 4) is 0 Å². The lowest BCUT2D eigenvalue weighted by Gasteiger charge is -2.06. The third-order valence-corrected chi connectivity index (χ3v) is 3.28. The fourth-order valence-corrected chi connectivity index (χ4v) is 1.96. The third-order valence-electron chi connectivity index (χ3n) is 1.73. The SMILES string of the molecule is CCOC(=O)Cc1cc(Cl)c(Br)cc1Cl. The van der Waals surface area contributed by atoms with Crippen molar-refractivity contribution in [2.75, 3.05) is 6.61 Å². The van der Waals surface area contributed by atoms with E-state index < -0.39 is 0 Å². The number of rotatable bonds is 3. The number of halogens is 3. The maximum absolute atomic E-state index is 11.2. The molecular weight excluding hydrogens is 303 g/mol. The highest BCUT2D eigenvalue weighted by molar-refractivity contribution is 9.10. The van der Waals surface area contributed by atoms with Gasteiger partial charge in [0.1, 0.15) is 0 Å². The van der Waals surface area contributed by atoms with Gasteiger partial charge in [-0.25, -0.2) is 0 Å². The molecule has 82 valence electrons. The molecule has 0 aliphatic rings. The van der Waals surface area contributed by atoms with Crippen LogP contribution in [0.4, 0.5) is 0 Å². The Hall–Kier alpha value is -0.250. The number of hydrogen-bond donors (Lipinski definition) is 0. The summed E-state index contributed by atoms with van der Waals surface area (Å²) < 4.78 is 5.53. The summed E-state index contributed by atoms with van der Waals surface area (Å²) in [5.41, 5.74) is 0.670. The lowest BCUT2D eigenvalue weighted by Crippen LogP contribution is -2.07. The lowest BCUT2D eigenvalue weighted by atomic mass is 10.1. The van der Waals surface area contributed by atoms with Crippen molar-refractivity contribution in [3.05, 3.63) is 32.2 Å². The van der Waals surface area contributed by atoms with Crippen molar-refractivity contribution in [2.24, 2.45) is 0 Å². The Morgan fingerprint density at radius 1 is 1.40 bits per heavy atom. The lowest BCUT2D eigenvalue weighted by molar-refractivity contribution is -0.142. The quantitative estimate of drug-likeness (QED) is 0.626. The standard InChI is InChI=1S/C10H9BrCl2O2/c1-2-15-10(14)4-6-3-9(13)7(11)5-8(6)12/h3,5H,2,4H2,1H3. The number of esters is 1. The minimum absolute atomic E-state index is 0.139.